The van der Waals surface area contributed by atoms with E-state index in [1.54, 1.807) is 29.4 Å². The molecule has 0 atom stereocenters. The number of piperidine rings is 1. The molecule has 0 bridgehead atoms. The van der Waals surface area contributed by atoms with Gasteiger partial charge in [0.25, 0.3) is 5.91 Å². The number of ether oxygens (including phenoxy) is 2. The number of likely N-dealkylation sites (tertiary alicyclic amines) is 1. The van der Waals surface area contributed by atoms with Crippen LogP contribution in [0.5, 0.6) is 5.75 Å². The summed E-state index contributed by atoms with van der Waals surface area (Å²) in [7, 11) is 0. The Kier molecular flexibility index (Phi) is 5.21. The molecule has 1 aliphatic carbocycles. The standard InChI is InChI=1S/C24H29N3O3/c1-2-27(23(28)18-8-12-25-13-9-18)21-6-7-22-19(16-21)17-29-24(30-22)10-14-26(15-11-24)20-4-3-5-20/h6-9,12-13,16,20H,2-5,10-11,14-15,17H2,1H3. The molecule has 158 valence electrons. The van der Waals surface area contributed by atoms with E-state index >= 15 is 0 Å². The first kappa shape index (κ1) is 19.5. The molecule has 1 spiro atoms. The predicted molar refractivity (Wildman–Crippen MR) is 115 cm³/mol. The van der Waals surface area contributed by atoms with Gasteiger partial charge in [-0.3, -0.25) is 14.7 Å². The summed E-state index contributed by atoms with van der Waals surface area (Å²) < 4.78 is 12.7. The minimum Gasteiger partial charge on any atom is -0.462 e. The number of fused-ring (bicyclic) bond motifs is 1. The Morgan fingerprint density at radius 1 is 1.20 bits per heavy atom. The van der Waals surface area contributed by atoms with Crippen LogP contribution >= 0.6 is 0 Å². The van der Waals surface area contributed by atoms with E-state index in [0.717, 1.165) is 49.0 Å². The van der Waals surface area contributed by atoms with Crippen molar-refractivity contribution in [2.45, 2.75) is 57.5 Å². The van der Waals surface area contributed by atoms with Gasteiger partial charge in [-0.1, -0.05) is 6.42 Å². The topological polar surface area (TPSA) is 54.9 Å². The molecular formula is C24H29N3O3. The van der Waals surface area contributed by atoms with E-state index in [1.807, 2.05) is 25.1 Å². The average molecular weight is 408 g/mol. The molecule has 1 saturated heterocycles. The molecule has 3 aliphatic rings. The van der Waals surface area contributed by atoms with Gasteiger partial charge in [0.05, 0.1) is 6.61 Å². The number of carbonyl (C=O) groups excluding carboxylic acids is 1. The molecule has 1 aromatic carbocycles. The summed E-state index contributed by atoms with van der Waals surface area (Å²) in [5.74, 6) is 0.360. The van der Waals surface area contributed by atoms with Crippen molar-refractivity contribution in [1.29, 1.82) is 0 Å². The van der Waals surface area contributed by atoms with Crippen LogP contribution in [-0.2, 0) is 11.3 Å². The second-order valence-corrected chi connectivity index (χ2v) is 8.50. The predicted octanol–water partition coefficient (Wildman–Crippen LogP) is 4.00. The van der Waals surface area contributed by atoms with Gasteiger partial charge in [0.15, 0.2) is 0 Å². The molecule has 1 amide bonds. The van der Waals surface area contributed by atoms with E-state index in [9.17, 15) is 4.79 Å². The van der Waals surface area contributed by atoms with Gasteiger partial charge in [0, 0.05) is 67.7 Å². The Labute approximate surface area is 177 Å². The smallest absolute Gasteiger partial charge is 0.258 e. The normalized spacial score (nSPS) is 20.8. The van der Waals surface area contributed by atoms with Crippen molar-refractivity contribution in [2.75, 3.05) is 24.5 Å². The first-order chi connectivity index (χ1) is 14.7. The van der Waals surface area contributed by atoms with Crippen molar-refractivity contribution >= 4 is 11.6 Å². The monoisotopic (exact) mass is 407 g/mol. The number of pyridine rings is 1. The van der Waals surface area contributed by atoms with Gasteiger partial charge in [-0.25, -0.2) is 0 Å². The van der Waals surface area contributed by atoms with Crippen LogP contribution in [0.3, 0.4) is 0 Å². The fourth-order valence-corrected chi connectivity index (χ4v) is 4.71. The van der Waals surface area contributed by atoms with Crippen LogP contribution in [0.1, 0.15) is 54.9 Å². The number of aromatic nitrogens is 1. The van der Waals surface area contributed by atoms with Gasteiger partial charge in [-0.15, -0.1) is 0 Å². The summed E-state index contributed by atoms with van der Waals surface area (Å²) in [5, 5.41) is 0. The molecule has 2 aromatic rings. The van der Waals surface area contributed by atoms with Crippen LogP contribution in [0.25, 0.3) is 0 Å². The zero-order valence-electron chi connectivity index (χ0n) is 17.5. The Bertz CT molecular complexity index is 905. The number of benzene rings is 1. The number of amides is 1. The fraction of sp³-hybridized carbons (Fsp3) is 0.500. The van der Waals surface area contributed by atoms with Crippen LogP contribution < -0.4 is 9.64 Å². The molecule has 0 N–H and O–H groups in total. The van der Waals surface area contributed by atoms with Crippen LogP contribution in [0.15, 0.2) is 42.7 Å². The van der Waals surface area contributed by atoms with Crippen molar-refractivity contribution in [3.63, 3.8) is 0 Å². The highest BCUT2D eigenvalue weighted by atomic mass is 16.7. The Balaban J connectivity index is 1.30. The summed E-state index contributed by atoms with van der Waals surface area (Å²) in [6.07, 6.45) is 9.15. The van der Waals surface area contributed by atoms with Crippen LogP contribution in [0.2, 0.25) is 0 Å². The molecule has 6 nitrogen and oxygen atoms in total. The molecule has 6 heteroatoms. The number of carbonyl (C=O) groups is 1. The first-order valence-corrected chi connectivity index (χ1v) is 11.1. The van der Waals surface area contributed by atoms with Gasteiger partial charge < -0.3 is 14.4 Å². The number of rotatable bonds is 4. The van der Waals surface area contributed by atoms with E-state index in [1.165, 1.54) is 19.3 Å². The molecule has 2 aliphatic heterocycles. The second kappa shape index (κ2) is 8.00. The quantitative estimate of drug-likeness (QED) is 0.767. The number of hydrogen-bond donors (Lipinski definition) is 0. The molecule has 30 heavy (non-hydrogen) atoms. The highest BCUT2D eigenvalue weighted by Gasteiger charge is 2.42. The van der Waals surface area contributed by atoms with Gasteiger partial charge in [-0.2, -0.15) is 0 Å². The lowest BCUT2D eigenvalue weighted by atomic mass is 9.89. The van der Waals surface area contributed by atoms with E-state index < -0.39 is 5.79 Å². The lowest BCUT2D eigenvalue weighted by Crippen LogP contribution is -2.54. The largest absolute Gasteiger partial charge is 0.462 e. The van der Waals surface area contributed by atoms with E-state index in [0.29, 0.717) is 18.7 Å². The summed E-state index contributed by atoms with van der Waals surface area (Å²) in [6, 6.07) is 10.3. The van der Waals surface area contributed by atoms with Crippen molar-refractivity contribution in [2.24, 2.45) is 0 Å². The fourth-order valence-electron chi connectivity index (χ4n) is 4.71. The van der Waals surface area contributed by atoms with Crippen molar-refractivity contribution in [3.05, 3.63) is 53.9 Å². The number of hydrogen-bond acceptors (Lipinski definition) is 5. The van der Waals surface area contributed by atoms with E-state index in [2.05, 4.69) is 9.88 Å². The third-order valence-corrected chi connectivity index (χ3v) is 6.78. The second-order valence-electron chi connectivity index (χ2n) is 8.50. The maximum absolute atomic E-state index is 12.9. The minimum absolute atomic E-state index is 0.0302. The van der Waals surface area contributed by atoms with Gasteiger partial charge in [-0.05, 0) is 50.1 Å². The molecule has 0 unspecified atom stereocenters. The van der Waals surface area contributed by atoms with Gasteiger partial charge in [0.2, 0.25) is 5.79 Å². The Morgan fingerprint density at radius 3 is 2.63 bits per heavy atom. The molecular weight excluding hydrogens is 378 g/mol. The molecule has 0 radical (unpaired) electrons. The SMILES string of the molecule is CCN(C(=O)c1ccncc1)c1ccc2c(c1)COC1(CCN(C3CCC3)CC1)O2. The highest BCUT2D eigenvalue weighted by molar-refractivity contribution is 6.06. The zero-order valence-corrected chi connectivity index (χ0v) is 17.5. The number of anilines is 1. The van der Waals surface area contributed by atoms with Crippen LogP contribution in [0, 0.1) is 0 Å². The minimum atomic E-state index is -0.494. The first-order valence-electron chi connectivity index (χ1n) is 11.1. The third kappa shape index (κ3) is 3.59. The lowest BCUT2D eigenvalue weighted by molar-refractivity contribution is -0.231. The van der Waals surface area contributed by atoms with E-state index in [4.69, 9.17) is 9.47 Å². The summed E-state index contributed by atoms with van der Waals surface area (Å²) >= 11 is 0. The molecule has 2 fully saturated rings. The zero-order chi connectivity index (χ0) is 20.6. The Morgan fingerprint density at radius 2 is 1.97 bits per heavy atom. The summed E-state index contributed by atoms with van der Waals surface area (Å²) in [6.45, 7) is 5.18. The third-order valence-electron chi connectivity index (χ3n) is 6.78. The van der Waals surface area contributed by atoms with Crippen LogP contribution in [0.4, 0.5) is 5.69 Å². The molecule has 1 saturated carbocycles. The van der Waals surface area contributed by atoms with Crippen LogP contribution in [-0.4, -0.2) is 47.3 Å². The molecule has 1 aromatic heterocycles. The number of nitrogens with zero attached hydrogens (tertiary/aromatic N) is 3. The highest BCUT2D eigenvalue weighted by Crippen LogP contribution is 2.40. The summed E-state index contributed by atoms with van der Waals surface area (Å²) in [5.41, 5.74) is 2.50. The summed E-state index contributed by atoms with van der Waals surface area (Å²) in [4.78, 5) is 21.3. The van der Waals surface area contributed by atoms with Gasteiger partial charge in [0.1, 0.15) is 5.75 Å². The van der Waals surface area contributed by atoms with Crippen molar-refractivity contribution < 1.29 is 14.3 Å². The van der Waals surface area contributed by atoms with Crippen molar-refractivity contribution in [3.8, 4) is 5.75 Å². The molecule has 5 rings (SSSR count). The maximum Gasteiger partial charge on any atom is 0.258 e. The van der Waals surface area contributed by atoms with Crippen molar-refractivity contribution in [1.82, 2.24) is 9.88 Å². The van der Waals surface area contributed by atoms with Gasteiger partial charge >= 0.3 is 0 Å². The lowest BCUT2D eigenvalue weighted by Gasteiger charge is -2.47. The average Bonchev–Trinajstić information content (AvgIpc) is 2.75. The van der Waals surface area contributed by atoms with E-state index in [-0.39, 0.29) is 5.91 Å². The Hall–Kier alpha value is -2.44. The maximum atomic E-state index is 12.9. The molecule has 3 heterocycles.